The first-order chi connectivity index (χ1) is 17.3. The van der Waals surface area contributed by atoms with Crippen LogP contribution in [0.5, 0.6) is 11.5 Å². The number of fused-ring (bicyclic) bond motifs is 1. The molecule has 0 fully saturated rings. The lowest BCUT2D eigenvalue weighted by molar-refractivity contribution is -0.136. The highest BCUT2D eigenvalue weighted by Crippen LogP contribution is 2.35. The van der Waals surface area contributed by atoms with E-state index >= 15 is 0 Å². The molecule has 0 amide bonds. The Balaban J connectivity index is 1.93. The normalized spacial score (nSPS) is 15.5. The summed E-state index contributed by atoms with van der Waals surface area (Å²) in [7, 11) is 2.94. The fraction of sp³-hybridized carbons (Fsp3) is 0.296. The van der Waals surface area contributed by atoms with E-state index in [0.717, 1.165) is 14.7 Å². The zero-order valence-electron chi connectivity index (χ0n) is 20.7. The standard InChI is InChI=1S/C27H27IN2O5S/c1-6-19-22(26(32)34-5)23(17-10-8-7-9-11-17)30-25(31)21(36-27(30)29-19)14-16-12-18(28)24(35-15(2)3)20(13-16)33-4/h7-15,23H,6H2,1-5H3/b21-14+/t23-/m0/s1. The van der Waals surface area contributed by atoms with Gasteiger partial charge < -0.3 is 14.2 Å². The summed E-state index contributed by atoms with van der Waals surface area (Å²) >= 11 is 3.50. The van der Waals surface area contributed by atoms with E-state index < -0.39 is 12.0 Å². The predicted octanol–water partition coefficient (Wildman–Crippen LogP) is 4.20. The molecule has 0 bridgehead atoms. The highest BCUT2D eigenvalue weighted by molar-refractivity contribution is 14.1. The minimum Gasteiger partial charge on any atom is -0.493 e. The van der Waals surface area contributed by atoms with Crippen molar-refractivity contribution in [1.29, 1.82) is 0 Å². The second-order valence-corrected chi connectivity index (χ2v) is 10.6. The largest absolute Gasteiger partial charge is 0.493 e. The van der Waals surface area contributed by atoms with Gasteiger partial charge in [0.2, 0.25) is 0 Å². The SMILES string of the molecule is CCC1=C(C(=O)OC)[C@H](c2ccccc2)n2c(s/c(=C/c3cc(I)c(OC(C)C)c(OC)c3)c2=O)=N1. The molecule has 0 saturated carbocycles. The minimum absolute atomic E-state index is 0.00305. The molecule has 2 heterocycles. The maximum absolute atomic E-state index is 13.8. The van der Waals surface area contributed by atoms with Crippen LogP contribution in [-0.2, 0) is 9.53 Å². The van der Waals surface area contributed by atoms with Gasteiger partial charge in [0.1, 0.15) is 0 Å². The number of allylic oxidation sites excluding steroid dienone is 1. The van der Waals surface area contributed by atoms with E-state index in [9.17, 15) is 9.59 Å². The Morgan fingerprint density at radius 2 is 1.94 bits per heavy atom. The van der Waals surface area contributed by atoms with Crippen molar-refractivity contribution < 1.29 is 19.0 Å². The van der Waals surface area contributed by atoms with Crippen molar-refractivity contribution in [3.8, 4) is 11.5 Å². The Morgan fingerprint density at radius 1 is 1.22 bits per heavy atom. The summed E-state index contributed by atoms with van der Waals surface area (Å²) in [6.07, 6.45) is 2.35. The van der Waals surface area contributed by atoms with Crippen molar-refractivity contribution in [3.05, 3.63) is 88.1 Å². The molecule has 0 aliphatic carbocycles. The molecule has 36 heavy (non-hydrogen) atoms. The molecule has 0 N–H and O–H groups in total. The first-order valence-electron chi connectivity index (χ1n) is 11.5. The lowest BCUT2D eigenvalue weighted by atomic mass is 9.95. The quantitative estimate of drug-likeness (QED) is 0.293. The zero-order chi connectivity index (χ0) is 26.0. The zero-order valence-corrected chi connectivity index (χ0v) is 23.7. The maximum Gasteiger partial charge on any atom is 0.338 e. The van der Waals surface area contributed by atoms with Crippen molar-refractivity contribution in [1.82, 2.24) is 4.57 Å². The average Bonchev–Trinajstić information content (AvgIpc) is 3.18. The van der Waals surface area contributed by atoms with Gasteiger partial charge in [-0.25, -0.2) is 9.79 Å². The van der Waals surface area contributed by atoms with Gasteiger partial charge in [-0.1, -0.05) is 48.6 Å². The molecule has 1 aliphatic rings. The van der Waals surface area contributed by atoms with E-state index in [1.165, 1.54) is 18.4 Å². The molecule has 2 aromatic carbocycles. The summed E-state index contributed by atoms with van der Waals surface area (Å²) in [4.78, 5) is 31.9. The Hall–Kier alpha value is -2.92. The van der Waals surface area contributed by atoms with E-state index in [1.54, 1.807) is 11.7 Å². The smallest absolute Gasteiger partial charge is 0.338 e. The van der Waals surface area contributed by atoms with Crippen LogP contribution < -0.4 is 24.4 Å². The number of carbonyl (C=O) groups is 1. The van der Waals surface area contributed by atoms with E-state index in [2.05, 4.69) is 22.6 Å². The molecule has 7 nitrogen and oxygen atoms in total. The number of ether oxygens (including phenoxy) is 3. The van der Waals surface area contributed by atoms with Crippen LogP contribution in [0.3, 0.4) is 0 Å². The highest BCUT2D eigenvalue weighted by atomic mass is 127. The third-order valence-corrected chi connectivity index (χ3v) is 7.45. The van der Waals surface area contributed by atoms with Crippen molar-refractivity contribution in [2.75, 3.05) is 14.2 Å². The van der Waals surface area contributed by atoms with Crippen LogP contribution in [-0.4, -0.2) is 30.9 Å². The van der Waals surface area contributed by atoms with Crippen LogP contribution in [0.4, 0.5) is 0 Å². The monoisotopic (exact) mass is 618 g/mol. The van der Waals surface area contributed by atoms with E-state index in [-0.39, 0.29) is 11.7 Å². The topological polar surface area (TPSA) is 79.1 Å². The first-order valence-corrected chi connectivity index (χ1v) is 13.4. The third kappa shape index (κ3) is 4.99. The van der Waals surface area contributed by atoms with Gasteiger partial charge in [-0.15, -0.1) is 0 Å². The van der Waals surface area contributed by atoms with Crippen molar-refractivity contribution in [2.24, 2.45) is 4.99 Å². The van der Waals surface area contributed by atoms with Gasteiger partial charge in [-0.05, 0) is 72.2 Å². The summed E-state index contributed by atoms with van der Waals surface area (Å²) in [5.74, 6) is 0.780. The van der Waals surface area contributed by atoms with Crippen LogP contribution in [0.15, 0.2) is 63.5 Å². The minimum atomic E-state index is -0.622. The van der Waals surface area contributed by atoms with Gasteiger partial charge in [0.05, 0.1) is 45.7 Å². The Bertz CT molecular complexity index is 1510. The summed E-state index contributed by atoms with van der Waals surface area (Å²) in [5.41, 5.74) is 2.40. The number of benzene rings is 2. The fourth-order valence-corrected chi connectivity index (χ4v) is 5.91. The van der Waals surface area contributed by atoms with Crippen LogP contribution in [0.2, 0.25) is 0 Å². The van der Waals surface area contributed by atoms with Gasteiger partial charge in [-0.2, -0.15) is 0 Å². The number of methoxy groups -OCH3 is 2. The molecule has 4 rings (SSSR count). The van der Waals surface area contributed by atoms with E-state index in [4.69, 9.17) is 19.2 Å². The molecule has 0 spiro atoms. The average molecular weight is 618 g/mol. The first kappa shape index (κ1) is 26.2. The number of hydrogen-bond acceptors (Lipinski definition) is 7. The van der Waals surface area contributed by atoms with Gasteiger partial charge in [0.25, 0.3) is 5.56 Å². The summed E-state index contributed by atoms with van der Waals surface area (Å²) in [6, 6.07) is 12.7. The van der Waals surface area contributed by atoms with Crippen LogP contribution in [0.25, 0.3) is 6.08 Å². The van der Waals surface area contributed by atoms with Crippen LogP contribution in [0.1, 0.15) is 44.4 Å². The molecule has 0 saturated heterocycles. The van der Waals surface area contributed by atoms with Gasteiger partial charge in [-0.3, -0.25) is 9.36 Å². The van der Waals surface area contributed by atoms with Crippen molar-refractivity contribution in [2.45, 2.75) is 39.3 Å². The Labute approximate surface area is 226 Å². The van der Waals surface area contributed by atoms with Crippen molar-refractivity contribution in [3.63, 3.8) is 0 Å². The van der Waals surface area contributed by atoms with Gasteiger partial charge in [0, 0.05) is 0 Å². The number of hydrogen-bond donors (Lipinski definition) is 0. The summed E-state index contributed by atoms with van der Waals surface area (Å²) in [6.45, 7) is 5.86. The van der Waals surface area contributed by atoms with Gasteiger partial charge in [0.15, 0.2) is 16.3 Å². The van der Waals surface area contributed by atoms with Crippen LogP contribution >= 0.6 is 33.9 Å². The molecular weight excluding hydrogens is 591 g/mol. The van der Waals surface area contributed by atoms with Gasteiger partial charge >= 0.3 is 5.97 Å². The number of nitrogens with zero attached hydrogens (tertiary/aromatic N) is 2. The number of halogens is 1. The maximum atomic E-state index is 13.8. The van der Waals surface area contributed by atoms with Crippen LogP contribution in [0, 0.1) is 3.57 Å². The molecule has 0 radical (unpaired) electrons. The molecule has 1 aliphatic heterocycles. The molecule has 3 aromatic rings. The molecule has 9 heteroatoms. The molecule has 0 unspecified atom stereocenters. The summed E-state index contributed by atoms with van der Waals surface area (Å²) in [5, 5.41) is 0. The number of rotatable bonds is 7. The lowest BCUT2D eigenvalue weighted by Gasteiger charge is -2.25. The molecular formula is C27H27IN2O5S. The predicted molar refractivity (Wildman–Crippen MR) is 148 cm³/mol. The van der Waals surface area contributed by atoms with E-state index in [0.29, 0.717) is 38.5 Å². The number of esters is 1. The second-order valence-electron chi connectivity index (χ2n) is 8.40. The molecule has 188 valence electrons. The second kappa shape index (κ2) is 11.0. The molecule has 1 atom stereocenters. The third-order valence-electron chi connectivity index (χ3n) is 5.67. The fourth-order valence-electron chi connectivity index (χ4n) is 4.14. The number of thiazole rings is 1. The number of carbonyl (C=O) groups excluding carboxylic acids is 1. The van der Waals surface area contributed by atoms with E-state index in [1.807, 2.05) is 69.3 Å². The number of aromatic nitrogens is 1. The molecule has 1 aromatic heterocycles. The Morgan fingerprint density at radius 3 is 2.56 bits per heavy atom. The summed E-state index contributed by atoms with van der Waals surface area (Å²) < 4.78 is 19.6. The highest BCUT2D eigenvalue weighted by Gasteiger charge is 2.33. The Kier molecular flexibility index (Phi) is 7.99. The lowest BCUT2D eigenvalue weighted by Crippen LogP contribution is -2.40. The van der Waals surface area contributed by atoms with Crippen molar-refractivity contribution >= 4 is 46.0 Å².